The fraction of sp³-hybridized carbons (Fsp3) is 0.333. The third kappa shape index (κ3) is 10.7. The summed E-state index contributed by atoms with van der Waals surface area (Å²) >= 11 is 0. The summed E-state index contributed by atoms with van der Waals surface area (Å²) in [6.45, 7) is 17.1. The first-order chi connectivity index (χ1) is 8.45. The molecule has 0 heterocycles. The summed E-state index contributed by atoms with van der Waals surface area (Å²) in [6.07, 6.45) is 0. The van der Waals surface area contributed by atoms with Gasteiger partial charge < -0.3 is 16.5 Å². The molecule has 0 atom stereocenters. The van der Waals surface area contributed by atoms with Crippen molar-refractivity contribution in [2.45, 2.75) is 19.6 Å². The van der Waals surface area contributed by atoms with Gasteiger partial charge in [0.2, 0.25) is 9.76 Å². The molecule has 0 N–H and O–H groups in total. The van der Waals surface area contributed by atoms with Gasteiger partial charge in [-0.3, -0.25) is 0 Å². The molecule has 0 aliphatic rings. The Hall–Kier alpha value is -0.856. The van der Waals surface area contributed by atoms with E-state index in [2.05, 4.69) is 32.8 Å². The van der Waals surface area contributed by atoms with Crippen molar-refractivity contribution in [1.29, 1.82) is 0 Å². The summed E-state index contributed by atoms with van der Waals surface area (Å²) in [5, 5.41) is 0. The molecular formula is C9H18O4RfSi5. The zero-order valence-corrected chi connectivity index (χ0v) is 23.1. The molecule has 0 saturated heterocycles. The van der Waals surface area contributed by atoms with E-state index in [1.165, 1.54) is 0 Å². The molecule has 0 aromatic rings. The number of rotatable bonds is 11. The standard InChI is InChI=1S/C9H18O4Si5.Rf/c1-7-14-10-15-11-16(4)12-17(8-2)13-18(5,6)9-3;/h7-9H,1-3H2,4-6H3;. The largest absolute Gasteiger partial charge is 0.431 e. The molecule has 0 bridgehead atoms. The molecule has 0 spiro atoms. The molecule has 0 unspecified atom stereocenters. The second kappa shape index (κ2) is 11.0. The van der Waals surface area contributed by atoms with Crippen LogP contribution >= 0.6 is 0 Å². The van der Waals surface area contributed by atoms with Gasteiger partial charge in [-0.15, -0.1) is 19.7 Å². The van der Waals surface area contributed by atoms with E-state index in [-0.39, 0.29) is 19.8 Å². The van der Waals surface area contributed by atoms with Gasteiger partial charge in [0, 0.05) is 0 Å². The van der Waals surface area contributed by atoms with Gasteiger partial charge in [0.25, 0.3) is 0 Å². The van der Waals surface area contributed by atoms with E-state index in [1.807, 2.05) is 12.2 Å². The Balaban J connectivity index is 0. The predicted octanol–water partition coefficient (Wildman–Crippen LogP) is 1.61. The van der Waals surface area contributed by atoms with Gasteiger partial charge in [-0.1, -0.05) is 11.4 Å². The number of hydrogen-bond donors (Lipinski definition) is 0. The average Bonchev–Trinajstić information content (AvgIpc) is 2.33. The topological polar surface area (TPSA) is 36.9 Å². The Morgan fingerprint density at radius 1 is 1.21 bits per heavy atom. The second-order valence-corrected chi connectivity index (χ2v) is 13.4. The first-order valence-corrected chi connectivity index (χ1v) is 13.2. The molecule has 100 valence electrons. The summed E-state index contributed by atoms with van der Waals surface area (Å²) in [4.78, 5) is 0. The second-order valence-electron chi connectivity index (χ2n) is 3.64. The van der Waals surface area contributed by atoms with Crippen LogP contribution in [0.2, 0.25) is 19.6 Å². The molecule has 0 aliphatic carbocycles. The van der Waals surface area contributed by atoms with Gasteiger partial charge in [-0.25, -0.2) is 0 Å². The van der Waals surface area contributed by atoms with E-state index in [4.69, 9.17) is 16.5 Å². The van der Waals surface area contributed by atoms with Crippen molar-refractivity contribution in [1.82, 2.24) is 0 Å². The summed E-state index contributed by atoms with van der Waals surface area (Å²) in [5.74, 6) is 0. The van der Waals surface area contributed by atoms with Crippen LogP contribution in [0.1, 0.15) is 0 Å². The first-order valence-electron chi connectivity index (χ1n) is 5.22. The fourth-order valence-electron chi connectivity index (χ4n) is 0.713. The molecule has 0 fully saturated rings. The van der Waals surface area contributed by atoms with Crippen LogP contribution in [0.25, 0.3) is 0 Å². The van der Waals surface area contributed by atoms with E-state index in [1.54, 1.807) is 11.4 Å². The van der Waals surface area contributed by atoms with Crippen LogP contribution in [0.15, 0.2) is 36.8 Å². The zero-order valence-electron chi connectivity index (χ0n) is 11.7. The maximum absolute atomic E-state index is 5.91. The summed E-state index contributed by atoms with van der Waals surface area (Å²) in [6, 6.07) is 0. The summed E-state index contributed by atoms with van der Waals surface area (Å²) in [5.41, 5.74) is 5.32. The Bertz CT molecular complexity index is 279. The van der Waals surface area contributed by atoms with E-state index in [0.29, 0.717) is 0 Å². The van der Waals surface area contributed by atoms with Crippen molar-refractivity contribution in [2.24, 2.45) is 0 Å². The monoisotopic (exact) mass is 597 g/mol. The minimum Gasteiger partial charge on any atom is -0.431 e. The molecule has 0 aliphatic heterocycles. The summed E-state index contributed by atoms with van der Waals surface area (Å²) < 4.78 is 22.3. The maximum atomic E-state index is 5.91. The van der Waals surface area contributed by atoms with Crippen molar-refractivity contribution in [3.05, 3.63) is 36.8 Å². The van der Waals surface area contributed by atoms with Crippen LogP contribution in [0.3, 0.4) is 0 Å². The molecule has 0 saturated carbocycles. The minimum atomic E-state index is -1.84. The van der Waals surface area contributed by atoms with Crippen LogP contribution in [0, 0.1) is 0 Å². The van der Waals surface area contributed by atoms with Crippen molar-refractivity contribution in [2.75, 3.05) is 0 Å². The van der Waals surface area contributed by atoms with Crippen LogP contribution in [0.5, 0.6) is 0 Å². The van der Waals surface area contributed by atoms with Crippen LogP contribution < -0.4 is 0 Å². The smallest absolute Gasteiger partial charge is 0.411 e. The van der Waals surface area contributed by atoms with Gasteiger partial charge >= 0.3 is 28.6 Å². The fourth-order valence-corrected chi connectivity index (χ4v) is 7.54. The SMILES string of the molecule is C=C[Si]O[Si]O[Si](C)O[Si](C=C)O[Si](C)(C)C=C.[Rf]. The summed E-state index contributed by atoms with van der Waals surface area (Å²) in [7, 11) is -4.44. The normalized spacial score (nSPS) is 11.2. The zero-order chi connectivity index (χ0) is 14.0. The Morgan fingerprint density at radius 2 is 1.84 bits per heavy atom. The van der Waals surface area contributed by atoms with Gasteiger partial charge in [-0.05, 0) is 25.3 Å². The van der Waals surface area contributed by atoms with E-state index in [0.717, 1.165) is 0 Å². The van der Waals surface area contributed by atoms with Crippen LogP contribution in [-0.4, -0.2) is 46.7 Å². The van der Waals surface area contributed by atoms with Gasteiger partial charge in [-0.2, -0.15) is 0 Å². The van der Waals surface area contributed by atoms with Crippen molar-refractivity contribution in [3.63, 3.8) is 0 Å². The van der Waals surface area contributed by atoms with Gasteiger partial charge in [0.15, 0.2) is 8.32 Å². The molecule has 10 heteroatoms. The third-order valence-corrected chi connectivity index (χ3v) is 10.3. The van der Waals surface area contributed by atoms with Crippen molar-refractivity contribution in [3.8, 4) is 0 Å². The number of hydrogen-bond acceptors (Lipinski definition) is 4. The van der Waals surface area contributed by atoms with Crippen molar-refractivity contribution < 1.29 is 16.5 Å². The van der Waals surface area contributed by atoms with Gasteiger partial charge in [0.05, 0.1) is 0 Å². The molecule has 19 heavy (non-hydrogen) atoms. The maximum Gasteiger partial charge on any atom is 0.411 e. The predicted molar refractivity (Wildman–Crippen MR) is 81.3 cm³/mol. The van der Waals surface area contributed by atoms with E-state index >= 15 is 0 Å². The van der Waals surface area contributed by atoms with E-state index < -0.39 is 26.9 Å². The minimum absolute atomic E-state index is 0. The van der Waals surface area contributed by atoms with Crippen LogP contribution in [0.4, 0.5) is 0 Å². The Kier molecular flexibility index (Phi) is 11.9. The molecular weight excluding hydrogens is 580 g/mol. The molecule has 0 aromatic carbocycles. The average molecular weight is 598 g/mol. The molecule has 0 amide bonds. The molecule has 6 radical (unpaired) electrons. The molecule has 0 rings (SSSR count). The molecule has 0 aromatic heterocycles. The quantitative estimate of drug-likeness (QED) is 0.268. The molecule has 4 nitrogen and oxygen atoms in total. The van der Waals surface area contributed by atoms with Crippen LogP contribution in [-0.2, 0) is 16.5 Å². The van der Waals surface area contributed by atoms with E-state index in [9.17, 15) is 0 Å². The van der Waals surface area contributed by atoms with Crippen molar-refractivity contribution >= 4 is 46.7 Å². The van der Waals surface area contributed by atoms with Gasteiger partial charge in [0.1, 0.15) is 0 Å². The first kappa shape index (κ1) is 20.5. The third-order valence-electron chi connectivity index (χ3n) is 1.64. The Labute approximate surface area is 120 Å². The Morgan fingerprint density at radius 3 is 2.32 bits per heavy atom.